The van der Waals surface area contributed by atoms with Gasteiger partial charge in [0, 0.05) is 42.7 Å². The Morgan fingerprint density at radius 2 is 1.24 bits per heavy atom. The van der Waals surface area contributed by atoms with Crippen molar-refractivity contribution >= 4 is 6.09 Å². The van der Waals surface area contributed by atoms with Crippen LogP contribution in [0.15, 0.2) is 85.2 Å². The van der Waals surface area contributed by atoms with Gasteiger partial charge in [-0.1, -0.05) is 72.8 Å². The van der Waals surface area contributed by atoms with E-state index in [4.69, 9.17) is 15.6 Å². The molecular formula is C37H48N4O4. The molecule has 0 aliphatic rings. The van der Waals surface area contributed by atoms with Crippen LogP contribution in [0.5, 0.6) is 0 Å². The van der Waals surface area contributed by atoms with Crippen LogP contribution in [0, 0.1) is 13.8 Å². The molecule has 0 aliphatic heterocycles. The predicted molar refractivity (Wildman–Crippen MR) is 179 cm³/mol. The molecule has 0 saturated carbocycles. The number of hydrogen-bond donors (Lipinski definition) is 4. The molecule has 45 heavy (non-hydrogen) atoms. The second-order valence-electron chi connectivity index (χ2n) is 12.4. The molecule has 8 heteroatoms. The number of benzene rings is 2. The van der Waals surface area contributed by atoms with E-state index in [1.165, 1.54) is 16.7 Å². The van der Waals surface area contributed by atoms with Crippen LogP contribution in [0.1, 0.15) is 65.5 Å². The van der Waals surface area contributed by atoms with Crippen molar-refractivity contribution in [3.8, 4) is 0 Å². The van der Waals surface area contributed by atoms with Crippen molar-refractivity contribution in [1.82, 2.24) is 15.3 Å². The number of nitrogens with two attached hydrogens (primary N) is 1. The standard InChI is InChI=1S/C21H28N2O3.C16H20N2O/c1-15-10-17(11-18(14-24)23-20(25)26-21(2,3)4)13-22-19(15)12-16-8-6-5-7-9-16;1-12-7-14(8-15(17)11-19)10-18-16(12)9-13-5-3-2-4-6-13/h5-10,13,18,24H,11-12,14H2,1-4H3,(H,23,25);2-7,10,15,19H,8-9,11,17H2,1H3. The summed E-state index contributed by atoms with van der Waals surface area (Å²) in [6.07, 6.45) is 5.93. The molecule has 2 aromatic carbocycles. The minimum absolute atomic E-state index is 0.00478. The molecule has 2 aromatic heterocycles. The Labute approximate surface area is 267 Å². The van der Waals surface area contributed by atoms with E-state index in [1.54, 1.807) is 20.8 Å². The number of amides is 1. The Bertz CT molecular complexity index is 1470. The maximum absolute atomic E-state index is 11.9. The summed E-state index contributed by atoms with van der Waals surface area (Å²) in [5.74, 6) is 0. The Hall–Kier alpha value is -4.11. The fraction of sp³-hybridized carbons (Fsp3) is 0.378. The van der Waals surface area contributed by atoms with Crippen LogP contribution in [0.2, 0.25) is 0 Å². The van der Waals surface area contributed by atoms with Crippen LogP contribution in [-0.2, 0) is 30.4 Å². The number of nitrogens with one attached hydrogen (secondary N) is 1. The monoisotopic (exact) mass is 612 g/mol. The number of carbonyl (C=O) groups is 1. The second kappa shape index (κ2) is 17.4. The first-order valence-corrected chi connectivity index (χ1v) is 15.4. The number of ether oxygens (including phenoxy) is 1. The molecule has 0 saturated heterocycles. The van der Waals surface area contributed by atoms with Gasteiger partial charge in [0.15, 0.2) is 0 Å². The predicted octanol–water partition coefficient (Wildman–Crippen LogP) is 5.25. The number of aliphatic hydroxyl groups is 2. The lowest BCUT2D eigenvalue weighted by Crippen LogP contribution is -2.42. The van der Waals surface area contributed by atoms with Gasteiger partial charge < -0.3 is 26.0 Å². The highest BCUT2D eigenvalue weighted by Crippen LogP contribution is 2.16. The molecule has 240 valence electrons. The maximum Gasteiger partial charge on any atom is 0.407 e. The average Bonchev–Trinajstić information content (AvgIpc) is 3.00. The summed E-state index contributed by atoms with van der Waals surface area (Å²) >= 11 is 0. The van der Waals surface area contributed by atoms with E-state index in [9.17, 15) is 9.90 Å². The van der Waals surface area contributed by atoms with Crippen molar-refractivity contribution in [2.45, 2.75) is 78.0 Å². The maximum atomic E-state index is 11.9. The van der Waals surface area contributed by atoms with Crippen LogP contribution < -0.4 is 11.1 Å². The van der Waals surface area contributed by atoms with E-state index in [-0.39, 0.29) is 19.3 Å². The molecule has 0 bridgehead atoms. The number of aromatic nitrogens is 2. The fourth-order valence-electron chi connectivity index (χ4n) is 4.78. The van der Waals surface area contributed by atoms with Crippen molar-refractivity contribution in [3.05, 3.63) is 130 Å². The van der Waals surface area contributed by atoms with Gasteiger partial charge in [-0.2, -0.15) is 0 Å². The van der Waals surface area contributed by atoms with E-state index >= 15 is 0 Å². The van der Waals surface area contributed by atoms with Gasteiger partial charge in [0.25, 0.3) is 0 Å². The molecule has 8 nitrogen and oxygen atoms in total. The third-order valence-electron chi connectivity index (χ3n) is 7.07. The fourth-order valence-corrected chi connectivity index (χ4v) is 4.78. The minimum Gasteiger partial charge on any atom is -0.444 e. The third-order valence-corrected chi connectivity index (χ3v) is 7.07. The molecular weight excluding hydrogens is 564 g/mol. The molecule has 0 spiro atoms. The van der Waals surface area contributed by atoms with Gasteiger partial charge in [-0.05, 0) is 80.8 Å². The lowest BCUT2D eigenvalue weighted by atomic mass is 10.0. The average molecular weight is 613 g/mol. The molecule has 2 unspecified atom stereocenters. The number of alkyl carbamates (subject to hydrolysis) is 1. The molecule has 4 aromatic rings. The number of rotatable bonds is 11. The number of aryl methyl sites for hydroxylation is 2. The van der Waals surface area contributed by atoms with E-state index in [1.807, 2.05) is 55.7 Å². The van der Waals surface area contributed by atoms with E-state index in [2.05, 4.69) is 58.6 Å². The highest BCUT2D eigenvalue weighted by atomic mass is 16.6. The normalized spacial score (nSPS) is 12.4. The molecule has 5 N–H and O–H groups in total. The van der Waals surface area contributed by atoms with Crippen LogP contribution in [0.25, 0.3) is 0 Å². The van der Waals surface area contributed by atoms with Crippen molar-refractivity contribution in [2.24, 2.45) is 5.73 Å². The summed E-state index contributed by atoms with van der Waals surface area (Å²) in [5.41, 5.74) is 14.1. The van der Waals surface area contributed by atoms with Crippen LogP contribution in [0.3, 0.4) is 0 Å². The Morgan fingerprint density at radius 3 is 1.64 bits per heavy atom. The SMILES string of the molecule is Cc1cc(CC(CO)NC(=O)OC(C)(C)C)cnc1Cc1ccccc1.Cc1cc(CC(N)CO)cnc1Cc1ccccc1. The molecule has 0 fully saturated rings. The smallest absolute Gasteiger partial charge is 0.407 e. The summed E-state index contributed by atoms with van der Waals surface area (Å²) in [6, 6.07) is 24.1. The molecule has 0 aliphatic carbocycles. The molecule has 0 radical (unpaired) electrons. The van der Waals surface area contributed by atoms with Crippen molar-refractivity contribution in [1.29, 1.82) is 0 Å². The van der Waals surface area contributed by atoms with E-state index in [0.29, 0.717) is 12.8 Å². The number of hydrogen-bond acceptors (Lipinski definition) is 7. The topological polar surface area (TPSA) is 131 Å². The van der Waals surface area contributed by atoms with Crippen molar-refractivity contribution < 1.29 is 19.7 Å². The first kappa shape index (κ1) is 35.4. The van der Waals surface area contributed by atoms with Crippen LogP contribution in [-0.4, -0.2) is 57.2 Å². The van der Waals surface area contributed by atoms with Gasteiger partial charge in [-0.3, -0.25) is 9.97 Å². The van der Waals surface area contributed by atoms with Gasteiger partial charge >= 0.3 is 6.09 Å². The van der Waals surface area contributed by atoms with Crippen LogP contribution >= 0.6 is 0 Å². The van der Waals surface area contributed by atoms with E-state index in [0.717, 1.165) is 40.9 Å². The van der Waals surface area contributed by atoms with Crippen LogP contribution in [0.4, 0.5) is 4.79 Å². The molecule has 2 heterocycles. The number of carbonyl (C=O) groups excluding carboxylic acids is 1. The van der Waals surface area contributed by atoms with Crippen molar-refractivity contribution in [2.75, 3.05) is 13.2 Å². The largest absolute Gasteiger partial charge is 0.444 e. The van der Waals surface area contributed by atoms with Gasteiger partial charge in [-0.15, -0.1) is 0 Å². The number of nitrogens with zero attached hydrogens (tertiary/aromatic N) is 2. The summed E-state index contributed by atoms with van der Waals surface area (Å²) in [7, 11) is 0. The summed E-state index contributed by atoms with van der Waals surface area (Å²) < 4.78 is 5.24. The lowest BCUT2D eigenvalue weighted by Gasteiger charge is -2.23. The molecule has 1 amide bonds. The zero-order chi connectivity index (χ0) is 32.8. The van der Waals surface area contributed by atoms with Gasteiger partial charge in [-0.25, -0.2) is 4.79 Å². The second-order valence-corrected chi connectivity index (χ2v) is 12.4. The van der Waals surface area contributed by atoms with Gasteiger partial charge in [0.1, 0.15) is 5.60 Å². The lowest BCUT2D eigenvalue weighted by molar-refractivity contribution is 0.0482. The summed E-state index contributed by atoms with van der Waals surface area (Å²) in [5, 5.41) is 21.2. The zero-order valence-electron chi connectivity index (χ0n) is 27.2. The Morgan fingerprint density at radius 1 is 0.778 bits per heavy atom. The quantitative estimate of drug-likeness (QED) is 0.182. The highest BCUT2D eigenvalue weighted by molar-refractivity contribution is 5.68. The first-order valence-electron chi connectivity index (χ1n) is 15.4. The Balaban J connectivity index is 0.000000257. The summed E-state index contributed by atoms with van der Waals surface area (Å²) in [6.45, 7) is 9.36. The molecule has 2 atom stereocenters. The zero-order valence-corrected chi connectivity index (χ0v) is 27.2. The van der Waals surface area contributed by atoms with Gasteiger partial charge in [0.2, 0.25) is 0 Å². The molecule has 4 rings (SSSR count). The third kappa shape index (κ3) is 12.8. The van der Waals surface area contributed by atoms with E-state index < -0.39 is 17.7 Å². The van der Waals surface area contributed by atoms with Gasteiger partial charge in [0.05, 0.1) is 19.3 Å². The Kier molecular flexibility index (Phi) is 13.7. The number of pyridine rings is 2. The first-order chi connectivity index (χ1) is 21.5. The highest BCUT2D eigenvalue weighted by Gasteiger charge is 2.19. The minimum atomic E-state index is -0.568. The van der Waals surface area contributed by atoms with Crippen molar-refractivity contribution in [3.63, 3.8) is 0 Å². The number of aliphatic hydroxyl groups excluding tert-OH is 2. The summed E-state index contributed by atoms with van der Waals surface area (Å²) in [4.78, 5) is 21.0.